The van der Waals surface area contributed by atoms with Crippen LogP contribution < -0.4 is 5.32 Å². The fraction of sp³-hybridized carbons (Fsp3) is 0.600. The minimum Gasteiger partial charge on any atom is -0.469 e. The van der Waals surface area contributed by atoms with Crippen LogP contribution in [0.1, 0.15) is 12.1 Å². The molecule has 0 aromatic carbocycles. The molecule has 2 rings (SSSR count). The van der Waals surface area contributed by atoms with Crippen molar-refractivity contribution in [1.29, 1.82) is 0 Å². The molecule has 6 nitrogen and oxygen atoms in total. The Morgan fingerprint density at radius 2 is 2.44 bits per heavy atom. The van der Waals surface area contributed by atoms with Gasteiger partial charge in [-0.1, -0.05) is 0 Å². The number of thiazole rings is 1. The standard InChI is InChI=1S/C10H14N2O4S2/c1-16-9(13)4-8-5-17-10(12-8)11-7-2-3-18(14,15)6-7/h5,7H,2-4,6H2,1H3,(H,11,12). The predicted molar refractivity (Wildman–Crippen MR) is 68.5 cm³/mol. The van der Waals surface area contributed by atoms with E-state index >= 15 is 0 Å². The molecule has 2 heterocycles. The van der Waals surface area contributed by atoms with E-state index in [2.05, 4.69) is 15.0 Å². The fourth-order valence-corrected chi connectivity index (χ4v) is 4.22. The summed E-state index contributed by atoms with van der Waals surface area (Å²) < 4.78 is 27.2. The Bertz CT molecular complexity index is 538. The zero-order valence-corrected chi connectivity index (χ0v) is 11.5. The maximum atomic E-state index is 11.3. The molecule has 1 unspecified atom stereocenters. The molecule has 1 fully saturated rings. The van der Waals surface area contributed by atoms with Crippen LogP contribution in [0.5, 0.6) is 0 Å². The van der Waals surface area contributed by atoms with Gasteiger partial charge in [-0.15, -0.1) is 11.3 Å². The number of ether oxygens (including phenoxy) is 1. The van der Waals surface area contributed by atoms with E-state index in [0.29, 0.717) is 17.2 Å². The van der Waals surface area contributed by atoms with Crippen LogP contribution >= 0.6 is 11.3 Å². The van der Waals surface area contributed by atoms with Gasteiger partial charge in [0.25, 0.3) is 0 Å². The van der Waals surface area contributed by atoms with Crippen molar-refractivity contribution in [3.8, 4) is 0 Å². The van der Waals surface area contributed by atoms with Crippen molar-refractivity contribution < 1.29 is 17.9 Å². The van der Waals surface area contributed by atoms with Gasteiger partial charge in [0.05, 0.1) is 30.7 Å². The van der Waals surface area contributed by atoms with Gasteiger partial charge in [-0.25, -0.2) is 13.4 Å². The van der Waals surface area contributed by atoms with Crippen LogP contribution in [-0.4, -0.2) is 44.0 Å². The average molecular weight is 290 g/mol. The largest absolute Gasteiger partial charge is 0.469 e. The lowest BCUT2D eigenvalue weighted by atomic mass is 10.3. The first-order valence-electron chi connectivity index (χ1n) is 5.47. The number of hydrogen-bond donors (Lipinski definition) is 1. The average Bonchev–Trinajstić information content (AvgIpc) is 2.86. The van der Waals surface area contributed by atoms with Crippen LogP contribution in [0, 0.1) is 0 Å². The molecule has 0 radical (unpaired) electrons. The topological polar surface area (TPSA) is 85.4 Å². The Morgan fingerprint density at radius 1 is 1.67 bits per heavy atom. The summed E-state index contributed by atoms with van der Waals surface area (Å²) in [7, 11) is -1.56. The van der Waals surface area contributed by atoms with E-state index in [4.69, 9.17) is 0 Å². The molecule has 1 aliphatic rings. The number of nitrogens with zero attached hydrogens (tertiary/aromatic N) is 1. The second-order valence-corrected chi connectivity index (χ2v) is 7.23. The summed E-state index contributed by atoms with van der Waals surface area (Å²) in [5.41, 5.74) is 0.634. The lowest BCUT2D eigenvalue weighted by molar-refractivity contribution is -0.139. The maximum Gasteiger partial charge on any atom is 0.311 e. The summed E-state index contributed by atoms with van der Waals surface area (Å²) in [6.45, 7) is 0. The predicted octanol–water partition coefficient (Wildman–Crippen LogP) is 0.458. The second-order valence-electron chi connectivity index (χ2n) is 4.14. The lowest BCUT2D eigenvalue weighted by Crippen LogP contribution is -2.20. The molecule has 100 valence electrons. The molecule has 0 spiro atoms. The fourth-order valence-electron chi connectivity index (χ4n) is 1.76. The first kappa shape index (κ1) is 13.3. The highest BCUT2D eigenvalue weighted by molar-refractivity contribution is 7.91. The number of carbonyl (C=O) groups is 1. The zero-order valence-electron chi connectivity index (χ0n) is 9.88. The van der Waals surface area contributed by atoms with Gasteiger partial charge in [-0.2, -0.15) is 0 Å². The van der Waals surface area contributed by atoms with Gasteiger partial charge < -0.3 is 10.1 Å². The van der Waals surface area contributed by atoms with E-state index in [0.717, 1.165) is 0 Å². The lowest BCUT2D eigenvalue weighted by Gasteiger charge is -2.08. The van der Waals surface area contributed by atoms with Crippen molar-refractivity contribution in [1.82, 2.24) is 4.98 Å². The van der Waals surface area contributed by atoms with Crippen LogP contribution in [0.4, 0.5) is 5.13 Å². The van der Waals surface area contributed by atoms with Crippen molar-refractivity contribution in [2.24, 2.45) is 0 Å². The van der Waals surface area contributed by atoms with Gasteiger partial charge in [0.2, 0.25) is 0 Å². The zero-order chi connectivity index (χ0) is 13.2. The molecular weight excluding hydrogens is 276 g/mol. The number of rotatable bonds is 4. The van der Waals surface area contributed by atoms with Gasteiger partial charge in [0.15, 0.2) is 15.0 Å². The van der Waals surface area contributed by atoms with E-state index in [9.17, 15) is 13.2 Å². The highest BCUT2D eigenvalue weighted by atomic mass is 32.2. The van der Waals surface area contributed by atoms with Gasteiger partial charge >= 0.3 is 5.97 Å². The molecule has 1 N–H and O–H groups in total. The van der Waals surface area contributed by atoms with Crippen molar-refractivity contribution in [2.75, 3.05) is 23.9 Å². The molecule has 1 atom stereocenters. The van der Waals surface area contributed by atoms with Crippen LogP contribution in [0.3, 0.4) is 0 Å². The molecule has 0 aliphatic carbocycles. The number of esters is 1. The highest BCUT2D eigenvalue weighted by Gasteiger charge is 2.28. The first-order chi connectivity index (χ1) is 8.48. The number of methoxy groups -OCH3 is 1. The summed E-state index contributed by atoms with van der Waals surface area (Å²) in [5.74, 6) is 0.0413. The second kappa shape index (κ2) is 5.23. The molecule has 0 saturated carbocycles. The highest BCUT2D eigenvalue weighted by Crippen LogP contribution is 2.21. The Balaban J connectivity index is 1.93. The molecule has 1 aromatic rings. The van der Waals surface area contributed by atoms with Crippen molar-refractivity contribution in [3.05, 3.63) is 11.1 Å². The normalized spacial score (nSPS) is 21.7. The molecule has 1 saturated heterocycles. The van der Waals surface area contributed by atoms with Crippen molar-refractivity contribution in [2.45, 2.75) is 18.9 Å². The smallest absolute Gasteiger partial charge is 0.311 e. The Hall–Kier alpha value is -1.15. The Morgan fingerprint density at radius 3 is 3.06 bits per heavy atom. The van der Waals surface area contributed by atoms with Crippen LogP contribution in [-0.2, 0) is 25.8 Å². The summed E-state index contributed by atoms with van der Waals surface area (Å²) >= 11 is 1.36. The van der Waals surface area contributed by atoms with Gasteiger partial charge in [-0.05, 0) is 6.42 Å². The Labute approximate surface area is 109 Å². The summed E-state index contributed by atoms with van der Waals surface area (Å²) in [6.07, 6.45) is 0.742. The van der Waals surface area contributed by atoms with Crippen LogP contribution in [0.2, 0.25) is 0 Å². The molecule has 1 aliphatic heterocycles. The number of carbonyl (C=O) groups excluding carboxylic acids is 1. The third-order valence-corrected chi connectivity index (χ3v) is 5.26. The van der Waals surface area contributed by atoms with E-state index in [1.807, 2.05) is 0 Å². The minimum absolute atomic E-state index is 0.0767. The van der Waals surface area contributed by atoms with E-state index in [1.165, 1.54) is 18.4 Å². The SMILES string of the molecule is COC(=O)Cc1csc(NC2CCS(=O)(=O)C2)n1. The summed E-state index contributed by atoms with van der Waals surface area (Å²) in [4.78, 5) is 15.3. The molecule has 0 bridgehead atoms. The summed E-state index contributed by atoms with van der Waals surface area (Å²) in [5, 5.41) is 5.50. The minimum atomic E-state index is -2.89. The van der Waals surface area contributed by atoms with E-state index in [-0.39, 0.29) is 29.9 Å². The number of anilines is 1. The van der Waals surface area contributed by atoms with Crippen molar-refractivity contribution >= 4 is 32.3 Å². The number of nitrogens with one attached hydrogen (secondary N) is 1. The molecule has 8 heteroatoms. The maximum absolute atomic E-state index is 11.3. The third-order valence-electron chi connectivity index (χ3n) is 2.66. The van der Waals surface area contributed by atoms with Crippen LogP contribution in [0.25, 0.3) is 0 Å². The monoisotopic (exact) mass is 290 g/mol. The Kier molecular flexibility index (Phi) is 3.86. The quantitative estimate of drug-likeness (QED) is 0.811. The van der Waals surface area contributed by atoms with E-state index < -0.39 is 9.84 Å². The van der Waals surface area contributed by atoms with Crippen LogP contribution in [0.15, 0.2) is 5.38 Å². The third kappa shape index (κ3) is 3.42. The molecule has 1 aromatic heterocycles. The van der Waals surface area contributed by atoms with Gasteiger partial charge in [0.1, 0.15) is 0 Å². The van der Waals surface area contributed by atoms with Gasteiger partial charge in [0, 0.05) is 11.4 Å². The first-order valence-corrected chi connectivity index (χ1v) is 8.17. The van der Waals surface area contributed by atoms with E-state index in [1.54, 1.807) is 5.38 Å². The van der Waals surface area contributed by atoms with Gasteiger partial charge in [-0.3, -0.25) is 4.79 Å². The number of sulfone groups is 1. The molecule has 0 amide bonds. The summed E-state index contributed by atoms with van der Waals surface area (Å²) in [6, 6.07) is -0.0767. The molecule has 18 heavy (non-hydrogen) atoms. The number of hydrogen-bond acceptors (Lipinski definition) is 7. The molecular formula is C10H14N2O4S2. The number of aromatic nitrogens is 1. The van der Waals surface area contributed by atoms with Crippen molar-refractivity contribution in [3.63, 3.8) is 0 Å².